The highest BCUT2D eigenvalue weighted by Gasteiger charge is 2.66. The van der Waals surface area contributed by atoms with Crippen molar-refractivity contribution in [2.45, 2.75) is 105 Å². The van der Waals surface area contributed by atoms with Gasteiger partial charge >= 0.3 is 0 Å². The molecule has 1 aromatic heterocycles. The molecule has 5 rings (SSSR count). The van der Waals surface area contributed by atoms with Crippen LogP contribution in [0.1, 0.15) is 95.5 Å². The van der Waals surface area contributed by atoms with E-state index < -0.39 is 6.04 Å². The fraction of sp³-hybridized carbons (Fsp3) is 0.636. The first-order chi connectivity index (χ1) is 19.5. The Kier molecular flexibility index (Phi) is 8.31. The van der Waals surface area contributed by atoms with E-state index in [-0.39, 0.29) is 47.3 Å². The lowest BCUT2D eigenvalue weighted by atomic mass is 9.95. The van der Waals surface area contributed by atoms with Crippen molar-refractivity contribution in [2.24, 2.45) is 17.3 Å². The van der Waals surface area contributed by atoms with Gasteiger partial charge in [0.15, 0.2) is 11.6 Å². The molecule has 1 saturated heterocycles. The van der Waals surface area contributed by atoms with E-state index in [4.69, 9.17) is 0 Å². The largest absolute Gasteiger partial charge is 0.385 e. The number of benzene rings is 1. The third-order valence-corrected chi connectivity index (χ3v) is 9.44. The van der Waals surface area contributed by atoms with E-state index in [1.54, 1.807) is 6.92 Å². The van der Waals surface area contributed by atoms with E-state index in [1.165, 1.54) is 0 Å². The first-order valence-corrected chi connectivity index (χ1v) is 15.5. The summed E-state index contributed by atoms with van der Waals surface area (Å²) in [6, 6.07) is 3.73. The van der Waals surface area contributed by atoms with Crippen LogP contribution in [-0.2, 0) is 27.3 Å². The Bertz CT molecular complexity index is 1360. The second-order valence-corrected chi connectivity index (χ2v) is 13.3. The fourth-order valence-electron chi connectivity index (χ4n) is 7.10. The number of Topliss-reactive ketones (excluding diaryl/α,β-unsaturated/α-hetero) is 2. The SMILES string of the molecule is CCC(=O)[C@@H]1C[C@]23CNC(=O)C[C@H](C)CCCCc4cc(NCC(C)C)cc5c(C(C)=O)cn(c45)CC(=O)N1[C@@H]2C3. The normalized spacial score (nSPS) is 27.0. The topological polar surface area (TPSA) is 101 Å². The molecule has 1 aromatic carbocycles. The molecule has 2 amide bonds. The van der Waals surface area contributed by atoms with Gasteiger partial charge in [-0.1, -0.05) is 40.5 Å². The third kappa shape index (κ3) is 5.93. The zero-order chi connectivity index (χ0) is 29.5. The molecule has 0 spiro atoms. The smallest absolute Gasteiger partial charge is 0.243 e. The fourth-order valence-corrected chi connectivity index (χ4v) is 7.10. The average molecular weight is 563 g/mol. The summed E-state index contributed by atoms with van der Waals surface area (Å²) >= 11 is 0. The molecule has 1 aliphatic carbocycles. The summed E-state index contributed by atoms with van der Waals surface area (Å²) in [7, 11) is 0. The number of hydrogen-bond acceptors (Lipinski definition) is 5. The molecule has 2 N–H and O–H groups in total. The standard InChI is InChI=1S/C33H46N4O4/c1-6-28(39)27-14-33-15-29(33)37(27)31(41)18-36-17-26(22(5)38)25-13-24(34-16-20(2)3)12-23(32(25)36)10-8-7-9-21(4)11-30(40)35-19-33/h12-13,17,20-21,27,29,34H,6-11,14-16,18-19H2,1-5H3,(H,35,40)/t21-,27+,29-,33+/m1/s1. The minimum Gasteiger partial charge on any atom is -0.385 e. The maximum absolute atomic E-state index is 14.0. The van der Waals surface area contributed by atoms with Gasteiger partial charge in [-0.3, -0.25) is 19.2 Å². The lowest BCUT2D eigenvalue weighted by molar-refractivity contribution is -0.139. The molecule has 8 heteroatoms. The summed E-state index contributed by atoms with van der Waals surface area (Å²) in [5.74, 6) is 0.762. The molecule has 2 bridgehead atoms. The zero-order valence-electron chi connectivity index (χ0n) is 25.3. The Morgan fingerprint density at radius 3 is 2.66 bits per heavy atom. The molecule has 0 radical (unpaired) electrons. The van der Waals surface area contributed by atoms with Crippen molar-refractivity contribution in [1.82, 2.24) is 14.8 Å². The number of nitrogens with zero attached hydrogens (tertiary/aromatic N) is 2. The Labute approximate surface area is 243 Å². The van der Waals surface area contributed by atoms with E-state index in [0.717, 1.165) is 60.8 Å². The highest BCUT2D eigenvalue weighted by Crippen LogP contribution is 2.59. The number of hydrogen-bond donors (Lipinski definition) is 2. The second kappa shape index (κ2) is 11.6. The van der Waals surface area contributed by atoms with E-state index in [0.29, 0.717) is 37.3 Å². The molecule has 4 atom stereocenters. The van der Waals surface area contributed by atoms with Crippen LogP contribution in [0.25, 0.3) is 10.9 Å². The summed E-state index contributed by atoms with van der Waals surface area (Å²) in [5, 5.41) is 7.55. The average Bonchev–Trinajstić information content (AvgIpc) is 3.33. The number of carbonyl (C=O) groups is 4. The van der Waals surface area contributed by atoms with Crippen LogP contribution in [0.5, 0.6) is 0 Å². The maximum Gasteiger partial charge on any atom is 0.243 e. The molecule has 3 aliphatic rings. The molecule has 3 heterocycles. The van der Waals surface area contributed by atoms with Gasteiger partial charge in [0.05, 0.1) is 11.6 Å². The molecule has 41 heavy (non-hydrogen) atoms. The summed E-state index contributed by atoms with van der Waals surface area (Å²) in [6.45, 7) is 11.3. The van der Waals surface area contributed by atoms with E-state index in [1.807, 2.05) is 28.7 Å². The highest BCUT2D eigenvalue weighted by molar-refractivity contribution is 6.09. The van der Waals surface area contributed by atoms with Crippen LogP contribution in [0.15, 0.2) is 18.3 Å². The minimum absolute atomic E-state index is 0.0266. The molecule has 8 nitrogen and oxygen atoms in total. The number of piperidine rings is 1. The first kappa shape index (κ1) is 29.3. The van der Waals surface area contributed by atoms with Crippen LogP contribution in [0.4, 0.5) is 5.69 Å². The van der Waals surface area contributed by atoms with Gasteiger partial charge in [-0.15, -0.1) is 0 Å². The maximum atomic E-state index is 14.0. The number of ketones is 2. The molecule has 0 unspecified atom stereocenters. The third-order valence-electron chi connectivity index (χ3n) is 9.44. The first-order valence-electron chi connectivity index (χ1n) is 15.5. The predicted octanol–water partition coefficient (Wildman–Crippen LogP) is 5.12. The van der Waals surface area contributed by atoms with Crippen LogP contribution in [0.2, 0.25) is 0 Å². The lowest BCUT2D eigenvalue weighted by Gasteiger charge is -2.27. The zero-order valence-corrected chi connectivity index (χ0v) is 25.3. The van der Waals surface area contributed by atoms with E-state index in [2.05, 4.69) is 37.5 Å². The quantitative estimate of drug-likeness (QED) is 0.476. The minimum atomic E-state index is -0.457. The van der Waals surface area contributed by atoms with Crippen molar-refractivity contribution < 1.29 is 19.2 Å². The van der Waals surface area contributed by atoms with Crippen LogP contribution >= 0.6 is 0 Å². The van der Waals surface area contributed by atoms with Gasteiger partial charge in [-0.2, -0.15) is 0 Å². The predicted molar refractivity (Wildman–Crippen MR) is 161 cm³/mol. The Morgan fingerprint density at radius 2 is 1.95 bits per heavy atom. The molecular weight excluding hydrogens is 516 g/mol. The van der Waals surface area contributed by atoms with Gasteiger partial charge in [0.2, 0.25) is 11.8 Å². The number of aryl methyl sites for hydroxylation is 1. The lowest BCUT2D eigenvalue weighted by Crippen LogP contribution is -2.44. The highest BCUT2D eigenvalue weighted by atomic mass is 16.2. The molecule has 2 fully saturated rings. The van der Waals surface area contributed by atoms with Gasteiger partial charge in [0, 0.05) is 60.2 Å². The van der Waals surface area contributed by atoms with E-state index >= 15 is 0 Å². The molecule has 2 aromatic rings. The van der Waals surface area contributed by atoms with Crippen molar-refractivity contribution in [1.29, 1.82) is 0 Å². The number of rotatable bonds is 6. The van der Waals surface area contributed by atoms with Gasteiger partial charge in [0.1, 0.15) is 6.54 Å². The van der Waals surface area contributed by atoms with Gasteiger partial charge in [0.25, 0.3) is 0 Å². The molecule has 1 saturated carbocycles. The van der Waals surface area contributed by atoms with Gasteiger partial charge in [-0.25, -0.2) is 0 Å². The number of carbonyl (C=O) groups excluding carboxylic acids is 4. The Hall–Kier alpha value is -3.16. The molecule has 222 valence electrons. The monoisotopic (exact) mass is 562 g/mol. The number of nitrogens with one attached hydrogen (secondary N) is 2. The Balaban J connectivity index is 1.57. The number of amides is 2. The van der Waals surface area contributed by atoms with Gasteiger partial charge in [-0.05, 0) is 62.1 Å². The van der Waals surface area contributed by atoms with E-state index in [9.17, 15) is 19.2 Å². The Morgan fingerprint density at radius 1 is 1.17 bits per heavy atom. The van der Waals surface area contributed by atoms with Crippen molar-refractivity contribution in [2.75, 3.05) is 18.4 Å². The van der Waals surface area contributed by atoms with Crippen molar-refractivity contribution >= 4 is 40.0 Å². The number of anilines is 1. The van der Waals surface area contributed by atoms with Crippen molar-refractivity contribution in [3.8, 4) is 0 Å². The van der Waals surface area contributed by atoms with Crippen molar-refractivity contribution in [3.05, 3.63) is 29.5 Å². The van der Waals surface area contributed by atoms with Crippen LogP contribution < -0.4 is 10.6 Å². The van der Waals surface area contributed by atoms with Gasteiger partial charge < -0.3 is 20.1 Å². The van der Waals surface area contributed by atoms with Crippen LogP contribution in [0.3, 0.4) is 0 Å². The van der Waals surface area contributed by atoms with Crippen LogP contribution in [-0.4, -0.2) is 58.0 Å². The summed E-state index contributed by atoms with van der Waals surface area (Å²) in [4.78, 5) is 54.5. The summed E-state index contributed by atoms with van der Waals surface area (Å²) in [6.07, 6.45) is 7.85. The molecule has 2 aliphatic heterocycles. The summed E-state index contributed by atoms with van der Waals surface area (Å²) in [5.41, 5.74) is 3.44. The molecular formula is C33H46N4O4. The summed E-state index contributed by atoms with van der Waals surface area (Å²) < 4.78 is 1.95. The second-order valence-electron chi connectivity index (χ2n) is 13.3. The van der Waals surface area contributed by atoms with Crippen LogP contribution in [0, 0.1) is 17.3 Å². The number of aromatic nitrogens is 1. The van der Waals surface area contributed by atoms with Crippen molar-refractivity contribution in [3.63, 3.8) is 0 Å².